The molecule has 0 aliphatic rings. The molecule has 0 aliphatic heterocycles. The summed E-state index contributed by atoms with van der Waals surface area (Å²) in [6.07, 6.45) is 1.60. The van der Waals surface area contributed by atoms with Crippen molar-refractivity contribution in [2.24, 2.45) is 0 Å². The van der Waals surface area contributed by atoms with Gasteiger partial charge in [0.05, 0.1) is 15.7 Å². The number of carboxylic acid groups (broad SMARTS) is 1. The summed E-state index contributed by atoms with van der Waals surface area (Å²) in [6, 6.07) is 0. The van der Waals surface area contributed by atoms with Gasteiger partial charge in [-0.3, -0.25) is 4.98 Å². The number of carbonyl (C=O) groups is 1. The van der Waals surface area contributed by atoms with Gasteiger partial charge >= 0.3 is 5.97 Å². The number of hydrogen-bond acceptors (Lipinski definition) is 2. The molecule has 1 N–H and O–H groups in total. The Labute approximate surface area is 91.5 Å². The van der Waals surface area contributed by atoms with E-state index in [0.717, 1.165) is 0 Å². The molecule has 0 aromatic carbocycles. The maximum atomic E-state index is 10.7. The Morgan fingerprint density at radius 2 is 2.33 bits per heavy atom. The van der Waals surface area contributed by atoms with Gasteiger partial charge in [-0.05, 0) is 45.4 Å². The smallest absolute Gasteiger partial charge is 0.338 e. The van der Waals surface area contributed by atoms with Crippen LogP contribution in [0.15, 0.2) is 10.7 Å². The molecule has 0 atom stereocenters. The van der Waals surface area contributed by atoms with Gasteiger partial charge < -0.3 is 5.11 Å². The van der Waals surface area contributed by atoms with Gasteiger partial charge in [0.2, 0.25) is 0 Å². The zero-order valence-corrected chi connectivity index (χ0v) is 9.88. The zero-order valence-electron chi connectivity index (χ0n) is 6.14. The van der Waals surface area contributed by atoms with Crippen molar-refractivity contribution in [3.8, 4) is 0 Å². The van der Waals surface area contributed by atoms with E-state index < -0.39 is 5.97 Å². The minimum atomic E-state index is -0.939. The number of pyridine rings is 1. The Morgan fingerprint density at radius 1 is 1.75 bits per heavy atom. The molecule has 1 rings (SSSR count). The molecule has 5 heteroatoms. The zero-order chi connectivity index (χ0) is 9.30. The highest BCUT2D eigenvalue weighted by Crippen LogP contribution is 2.23. The van der Waals surface area contributed by atoms with Crippen molar-refractivity contribution in [3.63, 3.8) is 0 Å². The van der Waals surface area contributed by atoms with Gasteiger partial charge in [0.25, 0.3) is 0 Å². The largest absolute Gasteiger partial charge is 0.478 e. The molecule has 0 bridgehead atoms. The fourth-order valence-corrected chi connectivity index (χ4v) is 1.86. The van der Waals surface area contributed by atoms with Crippen LogP contribution in [0, 0.1) is 10.5 Å². The van der Waals surface area contributed by atoms with Crippen LogP contribution in [0.2, 0.25) is 0 Å². The summed E-state index contributed by atoms with van der Waals surface area (Å²) in [7, 11) is 0. The van der Waals surface area contributed by atoms with Crippen molar-refractivity contribution in [3.05, 3.63) is 25.5 Å². The first-order chi connectivity index (χ1) is 5.54. The monoisotopic (exact) mass is 341 g/mol. The van der Waals surface area contributed by atoms with E-state index in [2.05, 4.69) is 20.9 Å². The van der Waals surface area contributed by atoms with Gasteiger partial charge in [-0.15, -0.1) is 0 Å². The van der Waals surface area contributed by atoms with Crippen LogP contribution in [0.25, 0.3) is 0 Å². The SMILES string of the molecule is Cc1ncc(Br)c(I)c1C(=O)O. The molecular formula is C7H5BrINO2. The number of nitrogens with zero attached hydrogens (tertiary/aromatic N) is 1. The number of carboxylic acids is 1. The number of rotatable bonds is 1. The van der Waals surface area contributed by atoms with Crippen LogP contribution in [-0.4, -0.2) is 16.1 Å². The van der Waals surface area contributed by atoms with E-state index in [1.54, 1.807) is 13.1 Å². The summed E-state index contributed by atoms with van der Waals surface area (Å²) in [4.78, 5) is 14.7. The maximum Gasteiger partial charge on any atom is 0.338 e. The molecule has 1 aromatic rings. The van der Waals surface area contributed by atoms with E-state index in [1.165, 1.54) is 0 Å². The second-order valence-electron chi connectivity index (χ2n) is 2.19. The Hall–Kier alpha value is -0.170. The Kier molecular flexibility index (Phi) is 3.05. The van der Waals surface area contributed by atoms with Gasteiger partial charge in [-0.25, -0.2) is 4.79 Å². The molecule has 1 heterocycles. The average Bonchev–Trinajstić information content (AvgIpc) is 1.97. The van der Waals surface area contributed by atoms with Crippen LogP contribution < -0.4 is 0 Å². The van der Waals surface area contributed by atoms with Crippen molar-refractivity contribution in [2.45, 2.75) is 6.92 Å². The van der Waals surface area contributed by atoms with E-state index in [9.17, 15) is 4.79 Å². The lowest BCUT2D eigenvalue weighted by molar-refractivity contribution is 0.0694. The van der Waals surface area contributed by atoms with Crippen LogP contribution in [0.3, 0.4) is 0 Å². The van der Waals surface area contributed by atoms with Crippen molar-refractivity contribution < 1.29 is 9.90 Å². The third-order valence-corrected chi connectivity index (χ3v) is 3.84. The lowest BCUT2D eigenvalue weighted by atomic mass is 10.2. The summed E-state index contributed by atoms with van der Waals surface area (Å²) < 4.78 is 1.40. The van der Waals surface area contributed by atoms with E-state index in [1.807, 2.05) is 22.6 Å². The second-order valence-corrected chi connectivity index (χ2v) is 4.12. The van der Waals surface area contributed by atoms with Gasteiger partial charge in [-0.1, -0.05) is 0 Å². The second kappa shape index (κ2) is 3.69. The molecule has 0 aliphatic carbocycles. The van der Waals surface area contributed by atoms with Crippen LogP contribution in [0.4, 0.5) is 0 Å². The number of aryl methyl sites for hydroxylation is 1. The molecule has 12 heavy (non-hydrogen) atoms. The van der Waals surface area contributed by atoms with Crippen molar-refractivity contribution >= 4 is 44.5 Å². The highest BCUT2D eigenvalue weighted by molar-refractivity contribution is 14.1. The van der Waals surface area contributed by atoms with E-state index in [0.29, 0.717) is 13.7 Å². The Balaban J connectivity index is 3.43. The third-order valence-electron chi connectivity index (χ3n) is 1.38. The minimum Gasteiger partial charge on any atom is -0.478 e. The maximum absolute atomic E-state index is 10.7. The summed E-state index contributed by atoms with van der Waals surface area (Å²) >= 11 is 5.19. The third kappa shape index (κ3) is 1.77. The Morgan fingerprint density at radius 3 is 2.75 bits per heavy atom. The molecule has 0 radical (unpaired) electrons. The molecule has 64 valence electrons. The molecule has 0 saturated carbocycles. The van der Waals surface area contributed by atoms with E-state index in [4.69, 9.17) is 5.11 Å². The van der Waals surface area contributed by atoms with Gasteiger partial charge in [0, 0.05) is 9.77 Å². The number of aromatic nitrogens is 1. The van der Waals surface area contributed by atoms with Crippen molar-refractivity contribution in [1.29, 1.82) is 0 Å². The molecule has 0 spiro atoms. The van der Waals surface area contributed by atoms with Crippen LogP contribution in [0.1, 0.15) is 16.1 Å². The molecule has 0 amide bonds. The van der Waals surface area contributed by atoms with Gasteiger partial charge in [0.1, 0.15) is 0 Å². The first-order valence-corrected chi connectivity index (χ1v) is 4.95. The highest BCUT2D eigenvalue weighted by Gasteiger charge is 2.14. The first-order valence-electron chi connectivity index (χ1n) is 3.08. The predicted molar refractivity (Wildman–Crippen MR) is 56.4 cm³/mol. The van der Waals surface area contributed by atoms with Crippen LogP contribution in [0.5, 0.6) is 0 Å². The number of aromatic carboxylic acids is 1. The van der Waals surface area contributed by atoms with E-state index in [-0.39, 0.29) is 5.56 Å². The fourth-order valence-electron chi connectivity index (χ4n) is 0.802. The lowest BCUT2D eigenvalue weighted by Gasteiger charge is -2.03. The standard InChI is InChI=1S/C7H5BrINO2/c1-3-5(7(11)12)6(9)4(8)2-10-3/h2H,1H3,(H,11,12). The van der Waals surface area contributed by atoms with Gasteiger partial charge in [0.15, 0.2) is 0 Å². The molecule has 1 aromatic heterocycles. The van der Waals surface area contributed by atoms with Crippen molar-refractivity contribution in [2.75, 3.05) is 0 Å². The number of hydrogen-bond donors (Lipinski definition) is 1. The van der Waals surface area contributed by atoms with E-state index >= 15 is 0 Å². The van der Waals surface area contributed by atoms with Crippen LogP contribution in [-0.2, 0) is 0 Å². The predicted octanol–water partition coefficient (Wildman–Crippen LogP) is 2.46. The summed E-state index contributed by atoms with van der Waals surface area (Å²) in [5.74, 6) is -0.939. The topological polar surface area (TPSA) is 50.2 Å². The summed E-state index contributed by atoms with van der Waals surface area (Å²) in [6.45, 7) is 1.68. The summed E-state index contributed by atoms with van der Waals surface area (Å²) in [5.41, 5.74) is 0.806. The van der Waals surface area contributed by atoms with Crippen LogP contribution >= 0.6 is 38.5 Å². The Bertz CT molecular complexity index is 340. The fraction of sp³-hybridized carbons (Fsp3) is 0.143. The first kappa shape index (κ1) is 9.91. The summed E-state index contributed by atoms with van der Waals surface area (Å²) in [5, 5.41) is 8.81. The normalized spacial score (nSPS) is 9.92. The lowest BCUT2D eigenvalue weighted by Crippen LogP contribution is -2.05. The number of halogens is 2. The molecule has 0 unspecified atom stereocenters. The molecule has 3 nitrogen and oxygen atoms in total. The quantitative estimate of drug-likeness (QED) is 0.798. The minimum absolute atomic E-state index is 0.268. The molecular weight excluding hydrogens is 337 g/mol. The average molecular weight is 342 g/mol. The highest BCUT2D eigenvalue weighted by atomic mass is 127. The molecule has 0 fully saturated rings. The van der Waals surface area contributed by atoms with Gasteiger partial charge in [-0.2, -0.15) is 0 Å². The molecule has 0 saturated heterocycles. The van der Waals surface area contributed by atoms with Crippen molar-refractivity contribution in [1.82, 2.24) is 4.98 Å².